The molecule has 3 unspecified atom stereocenters. The minimum absolute atomic E-state index is 0.171. The molecule has 1 aromatic rings. The van der Waals surface area contributed by atoms with Crippen LogP contribution in [0, 0.1) is 5.92 Å². The number of ether oxygens (including phenoxy) is 1. The first kappa shape index (κ1) is 14.9. The number of nitrogens with zero attached hydrogens (tertiary/aromatic N) is 1. The zero-order valence-electron chi connectivity index (χ0n) is 12.4. The van der Waals surface area contributed by atoms with E-state index in [0.717, 1.165) is 26.5 Å². The van der Waals surface area contributed by atoms with Gasteiger partial charge < -0.3 is 15.0 Å². The molecule has 2 bridgehead atoms. The van der Waals surface area contributed by atoms with E-state index < -0.39 is 5.72 Å². The Balaban J connectivity index is 2.12. The molecule has 3 rings (SSSR count). The highest BCUT2D eigenvalue weighted by molar-refractivity contribution is 9.10. The van der Waals surface area contributed by atoms with Gasteiger partial charge in [0.25, 0.3) is 0 Å². The molecule has 112 valence electrons. The fraction of sp³-hybridized carbons (Fsp3) is 0.438. The van der Waals surface area contributed by atoms with Crippen LogP contribution in [0.5, 0.6) is 5.75 Å². The van der Waals surface area contributed by atoms with Crippen LogP contribution in [-0.2, 0) is 0 Å². The van der Waals surface area contributed by atoms with E-state index in [-0.39, 0.29) is 12.0 Å². The minimum Gasteiger partial charge on any atom is -0.466 e. The summed E-state index contributed by atoms with van der Waals surface area (Å²) < 4.78 is 7.41. The monoisotopic (exact) mass is 366 g/mol. The van der Waals surface area contributed by atoms with Crippen molar-refractivity contribution in [2.75, 3.05) is 6.54 Å². The molecule has 5 heteroatoms. The summed E-state index contributed by atoms with van der Waals surface area (Å²) in [5.74, 6) is 1.18. The number of nitrogens with one attached hydrogen (secondary N) is 1. The van der Waals surface area contributed by atoms with Crippen LogP contribution in [0.4, 0.5) is 0 Å². The maximum atomic E-state index is 6.43. The van der Waals surface area contributed by atoms with Crippen molar-refractivity contribution in [2.24, 2.45) is 5.92 Å². The summed E-state index contributed by atoms with van der Waals surface area (Å²) >= 11 is 9.17. The minimum atomic E-state index is -0.469. The predicted octanol–water partition coefficient (Wildman–Crippen LogP) is 4.00. The summed E-state index contributed by atoms with van der Waals surface area (Å²) in [4.78, 5) is 2.11. The SMILES string of the molecule is C=C(C)CN1C(=S)NC2c3cccc(Br)c3OC1(C)C2C. The maximum Gasteiger partial charge on any atom is 0.187 e. The van der Waals surface area contributed by atoms with Gasteiger partial charge in [0.05, 0.1) is 10.5 Å². The first-order valence-corrected chi connectivity index (χ1v) is 8.24. The third-order valence-electron chi connectivity index (χ3n) is 4.47. The summed E-state index contributed by atoms with van der Waals surface area (Å²) in [5.41, 5.74) is 1.75. The molecule has 3 atom stereocenters. The van der Waals surface area contributed by atoms with Crippen molar-refractivity contribution in [3.05, 3.63) is 40.4 Å². The van der Waals surface area contributed by atoms with Gasteiger partial charge in [-0.05, 0) is 48.1 Å². The third-order valence-corrected chi connectivity index (χ3v) is 5.44. The third kappa shape index (κ3) is 2.18. The standard InChI is InChI=1S/C16H19BrN2OS/c1-9(2)8-19-15(21)18-13-10(3)16(19,4)20-14-11(13)6-5-7-12(14)17/h5-7,10,13H,1,8H2,2-4H3,(H,18,21). The molecule has 1 fully saturated rings. The molecule has 3 nitrogen and oxygen atoms in total. The van der Waals surface area contributed by atoms with Gasteiger partial charge in [-0.25, -0.2) is 0 Å². The second-order valence-corrected chi connectivity index (χ2v) is 7.32. The molecule has 1 N–H and O–H groups in total. The Morgan fingerprint density at radius 3 is 2.95 bits per heavy atom. The fourth-order valence-electron chi connectivity index (χ4n) is 3.17. The van der Waals surface area contributed by atoms with Crippen LogP contribution in [-0.4, -0.2) is 22.3 Å². The molecule has 2 aliphatic heterocycles. The lowest BCUT2D eigenvalue weighted by molar-refractivity contribution is -0.107. The van der Waals surface area contributed by atoms with E-state index >= 15 is 0 Å². The number of fused-ring (bicyclic) bond motifs is 4. The van der Waals surface area contributed by atoms with E-state index in [1.165, 1.54) is 0 Å². The van der Waals surface area contributed by atoms with E-state index in [1.807, 2.05) is 19.1 Å². The van der Waals surface area contributed by atoms with Gasteiger partial charge in [-0.2, -0.15) is 0 Å². The Hall–Kier alpha value is -1.07. The number of hydrogen-bond donors (Lipinski definition) is 1. The molecule has 1 aromatic carbocycles. The Morgan fingerprint density at radius 1 is 1.57 bits per heavy atom. The van der Waals surface area contributed by atoms with Crippen molar-refractivity contribution in [2.45, 2.75) is 32.5 Å². The summed E-state index contributed by atoms with van der Waals surface area (Å²) in [6, 6.07) is 6.32. The van der Waals surface area contributed by atoms with Crippen LogP contribution in [0.2, 0.25) is 0 Å². The molecular formula is C16H19BrN2OS. The highest BCUT2D eigenvalue weighted by Gasteiger charge is 2.53. The molecule has 2 aliphatic rings. The Kier molecular flexibility index (Phi) is 3.53. The van der Waals surface area contributed by atoms with Crippen LogP contribution in [0.3, 0.4) is 0 Å². The number of thiocarbonyl (C=S) groups is 1. The van der Waals surface area contributed by atoms with Crippen LogP contribution in [0.1, 0.15) is 32.4 Å². The normalized spacial score (nSPS) is 30.3. The molecular weight excluding hydrogens is 348 g/mol. The molecule has 0 radical (unpaired) electrons. The average Bonchev–Trinajstić information content (AvgIpc) is 2.40. The number of para-hydroxylation sites is 1. The van der Waals surface area contributed by atoms with Gasteiger partial charge >= 0.3 is 0 Å². The highest BCUT2D eigenvalue weighted by atomic mass is 79.9. The molecule has 2 heterocycles. The molecule has 0 spiro atoms. The highest BCUT2D eigenvalue weighted by Crippen LogP contribution is 2.50. The van der Waals surface area contributed by atoms with Crippen molar-refractivity contribution < 1.29 is 4.74 Å². The summed E-state index contributed by atoms with van der Waals surface area (Å²) in [7, 11) is 0. The number of halogens is 1. The van der Waals surface area contributed by atoms with Crippen molar-refractivity contribution in [1.29, 1.82) is 0 Å². The van der Waals surface area contributed by atoms with Gasteiger partial charge in [0.1, 0.15) is 5.75 Å². The van der Waals surface area contributed by atoms with Crippen molar-refractivity contribution >= 4 is 33.3 Å². The van der Waals surface area contributed by atoms with Crippen molar-refractivity contribution in [3.63, 3.8) is 0 Å². The van der Waals surface area contributed by atoms with Crippen LogP contribution < -0.4 is 10.1 Å². The van der Waals surface area contributed by atoms with E-state index in [9.17, 15) is 0 Å². The maximum absolute atomic E-state index is 6.43. The lowest BCUT2D eigenvalue weighted by atomic mass is 9.81. The number of rotatable bonds is 2. The second kappa shape index (κ2) is 4.99. The quantitative estimate of drug-likeness (QED) is 0.631. The largest absolute Gasteiger partial charge is 0.466 e. The molecule has 0 aliphatic carbocycles. The van der Waals surface area contributed by atoms with Crippen molar-refractivity contribution in [3.8, 4) is 5.75 Å². The van der Waals surface area contributed by atoms with Gasteiger partial charge in [0.2, 0.25) is 0 Å². The molecule has 0 amide bonds. The van der Waals surface area contributed by atoms with E-state index in [2.05, 4.69) is 52.6 Å². The zero-order valence-corrected chi connectivity index (χ0v) is 14.8. The van der Waals surface area contributed by atoms with E-state index in [1.54, 1.807) is 0 Å². The summed E-state index contributed by atoms with van der Waals surface area (Å²) in [6.07, 6.45) is 0. The molecule has 0 aromatic heterocycles. The lowest BCUT2D eigenvalue weighted by Crippen LogP contribution is -2.69. The Bertz CT molecular complexity index is 633. The second-order valence-electron chi connectivity index (χ2n) is 6.07. The molecule has 0 saturated carbocycles. The van der Waals surface area contributed by atoms with Crippen LogP contribution in [0.15, 0.2) is 34.8 Å². The van der Waals surface area contributed by atoms with Gasteiger partial charge in [-0.15, -0.1) is 0 Å². The smallest absolute Gasteiger partial charge is 0.187 e. The van der Waals surface area contributed by atoms with Crippen LogP contribution in [0.25, 0.3) is 0 Å². The van der Waals surface area contributed by atoms with E-state index in [4.69, 9.17) is 17.0 Å². The topological polar surface area (TPSA) is 24.5 Å². The number of hydrogen-bond acceptors (Lipinski definition) is 2. The first-order chi connectivity index (χ1) is 9.84. The van der Waals surface area contributed by atoms with Crippen LogP contribution >= 0.6 is 28.1 Å². The van der Waals surface area contributed by atoms with E-state index in [0.29, 0.717) is 6.54 Å². The van der Waals surface area contributed by atoms with Gasteiger partial charge in [0, 0.05) is 18.0 Å². The van der Waals surface area contributed by atoms with Crippen molar-refractivity contribution in [1.82, 2.24) is 10.2 Å². The first-order valence-electron chi connectivity index (χ1n) is 7.04. The van der Waals surface area contributed by atoms with Gasteiger partial charge in [-0.3, -0.25) is 0 Å². The molecule has 1 saturated heterocycles. The lowest BCUT2D eigenvalue weighted by Gasteiger charge is -2.56. The van der Waals surface area contributed by atoms with Gasteiger partial charge in [0.15, 0.2) is 10.8 Å². The Labute approximate surface area is 139 Å². The van der Waals surface area contributed by atoms with Gasteiger partial charge in [-0.1, -0.05) is 31.2 Å². The summed E-state index contributed by atoms with van der Waals surface area (Å²) in [5, 5.41) is 4.21. The number of benzene rings is 1. The Morgan fingerprint density at radius 2 is 2.29 bits per heavy atom. The predicted molar refractivity (Wildman–Crippen MR) is 92.3 cm³/mol. The zero-order chi connectivity index (χ0) is 15.4. The molecule has 21 heavy (non-hydrogen) atoms. The summed E-state index contributed by atoms with van der Waals surface area (Å²) in [6.45, 7) is 11.0. The fourth-order valence-corrected chi connectivity index (χ4v) is 4.01. The average molecular weight is 367 g/mol.